The Kier molecular flexibility index (Phi) is 8.05. The van der Waals surface area contributed by atoms with Crippen LogP contribution in [0.25, 0.3) is 0 Å². The van der Waals surface area contributed by atoms with Crippen LogP contribution in [-0.2, 0) is 14.2 Å². The minimum Gasteiger partial charge on any atom is -0.394 e. The molecule has 2 heterocycles. The molecule has 14 heteroatoms. The molecule has 158 valence electrons. The summed E-state index contributed by atoms with van der Waals surface area (Å²) in [6, 6.07) is 0. The molecule has 0 aliphatic carbocycles. The summed E-state index contributed by atoms with van der Waals surface area (Å²) >= 11 is 4.79. The largest absolute Gasteiger partial charge is 0.394 e. The van der Waals surface area contributed by atoms with Crippen molar-refractivity contribution in [1.29, 1.82) is 0 Å². The Morgan fingerprint density at radius 3 is 2.07 bits per heavy atom. The molecule has 0 aromatic rings. The molecule has 0 unspecified atom stereocenters. The third-order valence-electron chi connectivity index (χ3n) is 4.41. The molecule has 2 saturated heterocycles. The van der Waals surface area contributed by atoms with E-state index in [1.165, 1.54) is 0 Å². The van der Waals surface area contributed by atoms with Gasteiger partial charge in [-0.25, -0.2) is 5.84 Å². The summed E-state index contributed by atoms with van der Waals surface area (Å²) in [7, 11) is 0. The molecule has 2 fully saturated rings. The van der Waals surface area contributed by atoms with Crippen molar-refractivity contribution >= 4 is 17.3 Å². The van der Waals surface area contributed by atoms with Crippen molar-refractivity contribution in [2.45, 2.75) is 61.3 Å². The van der Waals surface area contributed by atoms with Crippen LogP contribution < -0.4 is 16.6 Å². The fourth-order valence-corrected chi connectivity index (χ4v) is 3.00. The van der Waals surface area contributed by atoms with E-state index in [9.17, 15) is 35.7 Å². The second-order valence-electron chi connectivity index (χ2n) is 6.17. The third kappa shape index (κ3) is 4.81. The van der Waals surface area contributed by atoms with Gasteiger partial charge in [-0.05, 0) is 12.2 Å². The van der Waals surface area contributed by atoms with Crippen molar-refractivity contribution < 1.29 is 50.0 Å². The highest BCUT2D eigenvalue weighted by atomic mass is 32.1. The summed E-state index contributed by atoms with van der Waals surface area (Å²) in [5, 5.41) is 71.3. The lowest BCUT2D eigenvalue weighted by atomic mass is 9.96. The first-order valence-electron chi connectivity index (χ1n) is 8.10. The van der Waals surface area contributed by atoms with Gasteiger partial charge in [-0.15, -0.1) is 0 Å². The zero-order valence-corrected chi connectivity index (χ0v) is 14.8. The Morgan fingerprint density at radius 1 is 0.889 bits per heavy atom. The second-order valence-corrected chi connectivity index (χ2v) is 6.58. The van der Waals surface area contributed by atoms with Crippen LogP contribution in [0.3, 0.4) is 0 Å². The Bertz CT molecular complexity index is 501. The van der Waals surface area contributed by atoms with Gasteiger partial charge < -0.3 is 60.7 Å². The van der Waals surface area contributed by atoms with Crippen molar-refractivity contribution in [3.8, 4) is 0 Å². The van der Waals surface area contributed by atoms with Crippen molar-refractivity contribution in [2.75, 3.05) is 13.2 Å². The van der Waals surface area contributed by atoms with Crippen molar-refractivity contribution in [3.63, 3.8) is 0 Å². The van der Waals surface area contributed by atoms with Crippen LogP contribution in [0, 0.1) is 0 Å². The maximum absolute atomic E-state index is 10.4. The van der Waals surface area contributed by atoms with E-state index in [0.717, 1.165) is 0 Å². The SMILES string of the molecule is NNC(=S)N[C@@H]1O[C@H](CO)[C@@H](O[C@@H]2O[C@H](CO)[C@H](O)[C@H](O)[C@H]2O)[C@H](O)[C@H]1O. The number of thiocarbonyl (C=S) groups is 1. The normalized spacial score (nSPS) is 45.3. The summed E-state index contributed by atoms with van der Waals surface area (Å²) < 4.78 is 16.0. The standard InChI is InChI=1S/C13H25N3O10S/c14-16-13(27)15-11-8(22)7(21)10(4(2-18)24-11)26-12-9(23)6(20)5(19)3(1-17)25-12/h3-12,17-23H,1-2,14H2,(H2,15,16,27)/t3-,4-,5+,6+,7-,8-,9-,10-,11-,12+/m1/s1. The maximum Gasteiger partial charge on any atom is 0.187 e. The molecular formula is C13H25N3O10S. The van der Waals surface area contributed by atoms with Crippen molar-refractivity contribution in [2.24, 2.45) is 5.84 Å². The zero-order valence-electron chi connectivity index (χ0n) is 14.0. The third-order valence-corrected chi connectivity index (χ3v) is 4.64. The van der Waals surface area contributed by atoms with E-state index in [4.69, 9.17) is 32.3 Å². The lowest BCUT2D eigenvalue weighted by Crippen LogP contribution is -2.67. The summed E-state index contributed by atoms with van der Waals surface area (Å²) in [4.78, 5) is 0. The highest BCUT2D eigenvalue weighted by Crippen LogP contribution is 2.28. The summed E-state index contributed by atoms with van der Waals surface area (Å²) in [6.45, 7) is -1.32. The molecule has 0 aromatic heterocycles. The number of hydrogen-bond acceptors (Lipinski definition) is 12. The Morgan fingerprint density at radius 2 is 1.52 bits per heavy atom. The lowest BCUT2D eigenvalue weighted by molar-refractivity contribution is -0.342. The average molecular weight is 415 g/mol. The monoisotopic (exact) mass is 415 g/mol. The van der Waals surface area contributed by atoms with E-state index in [2.05, 4.69) is 10.7 Å². The van der Waals surface area contributed by atoms with E-state index in [1.54, 1.807) is 0 Å². The second kappa shape index (κ2) is 9.64. The van der Waals surface area contributed by atoms with E-state index in [0.29, 0.717) is 0 Å². The van der Waals surface area contributed by atoms with E-state index in [-0.39, 0.29) is 5.11 Å². The number of hydrogen-bond donors (Lipinski definition) is 10. The number of aliphatic hydroxyl groups excluding tert-OH is 7. The fourth-order valence-electron chi connectivity index (χ4n) is 2.88. The molecular weight excluding hydrogens is 390 g/mol. The molecule has 0 radical (unpaired) electrons. The minimum atomic E-state index is -1.73. The van der Waals surface area contributed by atoms with Gasteiger partial charge in [0.15, 0.2) is 17.6 Å². The van der Waals surface area contributed by atoms with Crippen LogP contribution >= 0.6 is 12.2 Å². The van der Waals surface area contributed by atoms with Crippen LogP contribution in [0.1, 0.15) is 0 Å². The molecule has 2 rings (SSSR count). The number of nitrogens with two attached hydrogens (primary N) is 1. The Labute approximate surface area is 159 Å². The molecule has 0 aromatic carbocycles. The van der Waals surface area contributed by atoms with E-state index >= 15 is 0 Å². The predicted octanol–water partition coefficient (Wildman–Crippen LogP) is -6.05. The molecule has 2 aliphatic heterocycles. The van der Waals surface area contributed by atoms with Crippen LogP contribution in [-0.4, -0.2) is 115 Å². The van der Waals surface area contributed by atoms with Gasteiger partial charge in [-0.3, -0.25) is 0 Å². The predicted molar refractivity (Wildman–Crippen MR) is 89.5 cm³/mol. The van der Waals surface area contributed by atoms with Gasteiger partial charge in [0.05, 0.1) is 13.2 Å². The minimum absolute atomic E-state index is 0.0868. The van der Waals surface area contributed by atoms with Crippen molar-refractivity contribution in [1.82, 2.24) is 10.7 Å². The molecule has 10 atom stereocenters. The number of hydrazine groups is 1. The molecule has 0 saturated carbocycles. The molecule has 13 nitrogen and oxygen atoms in total. The van der Waals surface area contributed by atoms with Crippen LogP contribution in [0.15, 0.2) is 0 Å². The highest BCUT2D eigenvalue weighted by Gasteiger charge is 2.50. The smallest absolute Gasteiger partial charge is 0.187 e. The first-order valence-corrected chi connectivity index (χ1v) is 8.51. The molecule has 11 N–H and O–H groups in total. The molecule has 27 heavy (non-hydrogen) atoms. The van der Waals surface area contributed by atoms with Crippen molar-refractivity contribution in [3.05, 3.63) is 0 Å². The molecule has 0 spiro atoms. The Hall–Kier alpha value is -0.750. The highest BCUT2D eigenvalue weighted by molar-refractivity contribution is 7.80. The zero-order chi connectivity index (χ0) is 20.3. The van der Waals surface area contributed by atoms with Gasteiger partial charge in [0.25, 0.3) is 0 Å². The average Bonchev–Trinajstić information content (AvgIpc) is 2.67. The number of rotatable bonds is 5. The first kappa shape index (κ1) is 22.5. The van der Waals surface area contributed by atoms with E-state index < -0.39 is 74.6 Å². The first-order chi connectivity index (χ1) is 12.7. The summed E-state index contributed by atoms with van der Waals surface area (Å²) in [5.41, 5.74) is 2.11. The van der Waals surface area contributed by atoms with E-state index in [1.807, 2.05) is 0 Å². The van der Waals surface area contributed by atoms with Gasteiger partial charge >= 0.3 is 0 Å². The van der Waals surface area contributed by atoms with Gasteiger partial charge in [0, 0.05) is 0 Å². The van der Waals surface area contributed by atoms with Crippen LogP contribution in [0.4, 0.5) is 0 Å². The summed E-state index contributed by atoms with van der Waals surface area (Å²) in [5.74, 6) is 5.12. The topological polar surface area (TPSA) is 219 Å². The molecule has 0 amide bonds. The maximum atomic E-state index is 10.4. The fraction of sp³-hybridized carbons (Fsp3) is 0.923. The Balaban J connectivity index is 2.11. The number of nitrogens with one attached hydrogen (secondary N) is 2. The van der Waals surface area contributed by atoms with Crippen LogP contribution in [0.5, 0.6) is 0 Å². The summed E-state index contributed by atoms with van der Waals surface area (Å²) in [6.07, 6.45) is -14.8. The van der Waals surface area contributed by atoms with Crippen LogP contribution in [0.2, 0.25) is 0 Å². The van der Waals surface area contributed by atoms with Gasteiger partial charge in [-0.1, -0.05) is 0 Å². The lowest BCUT2D eigenvalue weighted by Gasteiger charge is -2.46. The number of ether oxygens (including phenoxy) is 3. The van der Waals surface area contributed by atoms with Gasteiger partial charge in [0.1, 0.15) is 48.8 Å². The quantitative estimate of drug-likeness (QED) is 0.115. The number of aliphatic hydroxyl groups is 7. The van der Waals surface area contributed by atoms with Gasteiger partial charge in [0.2, 0.25) is 0 Å². The molecule has 2 aliphatic rings. The van der Waals surface area contributed by atoms with Gasteiger partial charge in [-0.2, -0.15) is 0 Å². The molecule has 0 bridgehead atoms.